The third kappa shape index (κ3) is 5.46. The lowest BCUT2D eigenvalue weighted by Gasteiger charge is -2.29. The van der Waals surface area contributed by atoms with Gasteiger partial charge in [-0.25, -0.2) is 0 Å². The lowest BCUT2D eigenvalue weighted by molar-refractivity contribution is -0.129. The molecule has 18 heavy (non-hydrogen) atoms. The standard InChI is InChI=1S/C12H23NO4S/c1-9(2)8-11(14)12(17-18(3,15)16)10-4-6-13-7-5-10/h9-10,12-13H,4-8H2,1-3H3. The molecule has 0 radical (unpaired) electrons. The molecule has 0 aromatic heterocycles. The Morgan fingerprint density at radius 2 is 1.89 bits per heavy atom. The van der Waals surface area contributed by atoms with Crippen molar-refractivity contribution >= 4 is 15.9 Å². The normalized spacial score (nSPS) is 20.0. The van der Waals surface area contributed by atoms with E-state index in [2.05, 4.69) is 5.32 Å². The molecular formula is C12H23NO4S. The second-order valence-electron chi connectivity index (χ2n) is 5.37. The average molecular weight is 277 g/mol. The van der Waals surface area contributed by atoms with E-state index in [-0.39, 0.29) is 17.6 Å². The molecule has 106 valence electrons. The first kappa shape index (κ1) is 15.6. The highest BCUT2D eigenvalue weighted by atomic mass is 32.2. The molecule has 5 nitrogen and oxygen atoms in total. The second-order valence-corrected chi connectivity index (χ2v) is 6.97. The molecule has 0 spiro atoms. The summed E-state index contributed by atoms with van der Waals surface area (Å²) in [5.41, 5.74) is 0. The first-order chi connectivity index (χ1) is 8.29. The van der Waals surface area contributed by atoms with Gasteiger partial charge in [-0.3, -0.25) is 8.98 Å². The third-order valence-electron chi connectivity index (χ3n) is 3.02. The quantitative estimate of drug-likeness (QED) is 0.732. The topological polar surface area (TPSA) is 72.5 Å². The summed E-state index contributed by atoms with van der Waals surface area (Å²) in [4.78, 5) is 12.1. The molecule has 1 fully saturated rings. The lowest BCUT2D eigenvalue weighted by atomic mass is 9.87. The molecular weight excluding hydrogens is 254 g/mol. The Labute approximate surface area is 109 Å². The lowest BCUT2D eigenvalue weighted by Crippen LogP contribution is -2.41. The summed E-state index contributed by atoms with van der Waals surface area (Å²) < 4.78 is 27.6. The molecule has 1 rings (SSSR count). The Bertz CT molecular complexity index is 372. The second kappa shape index (κ2) is 6.63. The molecule has 0 bridgehead atoms. The van der Waals surface area contributed by atoms with Gasteiger partial charge in [-0.15, -0.1) is 0 Å². The van der Waals surface area contributed by atoms with Crippen LogP contribution in [0, 0.1) is 11.8 Å². The maximum absolute atomic E-state index is 12.1. The zero-order valence-electron chi connectivity index (χ0n) is 11.3. The summed E-state index contributed by atoms with van der Waals surface area (Å²) in [7, 11) is -3.59. The van der Waals surface area contributed by atoms with E-state index in [1.165, 1.54) is 0 Å². The minimum absolute atomic E-state index is 0.00669. The van der Waals surface area contributed by atoms with Gasteiger partial charge in [-0.1, -0.05) is 13.8 Å². The van der Waals surface area contributed by atoms with Crippen LogP contribution in [0.25, 0.3) is 0 Å². The fourth-order valence-electron chi connectivity index (χ4n) is 2.25. The fourth-order valence-corrected chi connectivity index (χ4v) is 2.89. The van der Waals surface area contributed by atoms with Crippen LogP contribution in [0.15, 0.2) is 0 Å². The Morgan fingerprint density at radius 1 is 1.33 bits per heavy atom. The molecule has 1 atom stereocenters. The van der Waals surface area contributed by atoms with Gasteiger partial charge in [0.25, 0.3) is 10.1 Å². The number of ketones is 1. The van der Waals surface area contributed by atoms with E-state index in [0.717, 1.165) is 32.2 Å². The summed E-state index contributed by atoms with van der Waals surface area (Å²) in [6.07, 6.45) is 2.13. The summed E-state index contributed by atoms with van der Waals surface area (Å²) >= 11 is 0. The fraction of sp³-hybridized carbons (Fsp3) is 0.917. The molecule has 1 aliphatic rings. The van der Waals surface area contributed by atoms with Crippen LogP contribution in [-0.4, -0.2) is 39.7 Å². The third-order valence-corrected chi connectivity index (χ3v) is 3.57. The van der Waals surface area contributed by atoms with Crippen molar-refractivity contribution in [3.63, 3.8) is 0 Å². The maximum atomic E-state index is 12.1. The van der Waals surface area contributed by atoms with Gasteiger partial charge >= 0.3 is 0 Å². The molecule has 1 unspecified atom stereocenters. The van der Waals surface area contributed by atoms with Gasteiger partial charge in [0.2, 0.25) is 0 Å². The van der Waals surface area contributed by atoms with Gasteiger partial charge in [0.1, 0.15) is 6.10 Å². The van der Waals surface area contributed by atoms with Crippen LogP contribution in [0.1, 0.15) is 33.1 Å². The molecule has 6 heteroatoms. The van der Waals surface area contributed by atoms with Crippen LogP contribution >= 0.6 is 0 Å². The first-order valence-electron chi connectivity index (χ1n) is 6.41. The van der Waals surface area contributed by atoms with Crippen molar-refractivity contribution in [3.05, 3.63) is 0 Å². The number of piperidine rings is 1. The number of hydrogen-bond acceptors (Lipinski definition) is 5. The molecule has 1 heterocycles. The highest BCUT2D eigenvalue weighted by Crippen LogP contribution is 2.23. The smallest absolute Gasteiger partial charge is 0.265 e. The van der Waals surface area contributed by atoms with Crippen LogP contribution in [0.2, 0.25) is 0 Å². The molecule has 0 aromatic rings. The van der Waals surface area contributed by atoms with Crippen LogP contribution < -0.4 is 5.32 Å². The van der Waals surface area contributed by atoms with Gasteiger partial charge < -0.3 is 5.32 Å². The van der Waals surface area contributed by atoms with Gasteiger partial charge in [-0.2, -0.15) is 8.42 Å². The average Bonchev–Trinajstić information content (AvgIpc) is 2.25. The van der Waals surface area contributed by atoms with Gasteiger partial charge in [0.15, 0.2) is 5.78 Å². The minimum atomic E-state index is -3.59. The van der Waals surface area contributed by atoms with Gasteiger partial charge in [0, 0.05) is 6.42 Å². The van der Waals surface area contributed by atoms with Gasteiger partial charge in [-0.05, 0) is 37.8 Å². The van der Waals surface area contributed by atoms with Crippen molar-refractivity contribution in [3.8, 4) is 0 Å². The summed E-state index contributed by atoms with van der Waals surface area (Å²) in [6.45, 7) is 5.50. The van der Waals surface area contributed by atoms with Crippen molar-refractivity contribution in [2.24, 2.45) is 11.8 Å². The molecule has 1 N–H and O–H groups in total. The van der Waals surface area contributed by atoms with Crippen LogP contribution in [0.5, 0.6) is 0 Å². The van der Waals surface area contributed by atoms with Gasteiger partial charge in [0.05, 0.1) is 6.26 Å². The Kier molecular flexibility index (Phi) is 5.75. The predicted octanol–water partition coefficient (Wildman–Crippen LogP) is 0.946. The van der Waals surface area contributed by atoms with Crippen molar-refractivity contribution < 1.29 is 17.4 Å². The number of carbonyl (C=O) groups excluding carboxylic acids is 1. The first-order valence-corrected chi connectivity index (χ1v) is 8.23. The molecule has 0 amide bonds. The SMILES string of the molecule is CC(C)CC(=O)C(OS(C)(=O)=O)C1CCNCC1. The Balaban J connectivity index is 2.76. The van der Waals surface area contributed by atoms with Crippen molar-refractivity contribution in [1.29, 1.82) is 0 Å². The molecule has 0 aromatic carbocycles. The van der Waals surface area contributed by atoms with Crippen molar-refractivity contribution in [2.75, 3.05) is 19.3 Å². The maximum Gasteiger partial charge on any atom is 0.265 e. The Hall–Kier alpha value is -0.460. The number of hydrogen-bond donors (Lipinski definition) is 1. The summed E-state index contributed by atoms with van der Waals surface area (Å²) in [5, 5.41) is 3.20. The zero-order valence-corrected chi connectivity index (χ0v) is 12.1. The largest absolute Gasteiger partial charge is 0.317 e. The summed E-state index contributed by atoms with van der Waals surface area (Å²) in [5.74, 6) is 0.124. The molecule has 1 aliphatic heterocycles. The Morgan fingerprint density at radius 3 is 2.33 bits per heavy atom. The van der Waals surface area contributed by atoms with E-state index >= 15 is 0 Å². The van der Waals surface area contributed by atoms with E-state index in [1.54, 1.807) is 0 Å². The molecule has 0 saturated carbocycles. The monoisotopic (exact) mass is 277 g/mol. The van der Waals surface area contributed by atoms with E-state index in [0.29, 0.717) is 6.42 Å². The van der Waals surface area contributed by atoms with E-state index < -0.39 is 16.2 Å². The van der Waals surface area contributed by atoms with E-state index in [4.69, 9.17) is 4.18 Å². The van der Waals surface area contributed by atoms with Crippen LogP contribution in [-0.2, 0) is 19.1 Å². The number of rotatable bonds is 6. The number of Topliss-reactive ketones (excluding diaryl/α,β-unsaturated/α-hetero) is 1. The van der Waals surface area contributed by atoms with Crippen LogP contribution in [0.3, 0.4) is 0 Å². The zero-order chi connectivity index (χ0) is 13.8. The highest BCUT2D eigenvalue weighted by Gasteiger charge is 2.33. The summed E-state index contributed by atoms with van der Waals surface area (Å²) in [6, 6.07) is 0. The number of carbonyl (C=O) groups is 1. The molecule has 0 aliphatic carbocycles. The van der Waals surface area contributed by atoms with Crippen molar-refractivity contribution in [1.82, 2.24) is 5.32 Å². The minimum Gasteiger partial charge on any atom is -0.317 e. The number of nitrogens with one attached hydrogen (secondary N) is 1. The van der Waals surface area contributed by atoms with Crippen molar-refractivity contribution in [2.45, 2.75) is 39.2 Å². The molecule has 1 saturated heterocycles. The van der Waals surface area contributed by atoms with E-state index in [9.17, 15) is 13.2 Å². The predicted molar refractivity (Wildman–Crippen MR) is 69.8 cm³/mol. The highest BCUT2D eigenvalue weighted by molar-refractivity contribution is 7.86. The van der Waals surface area contributed by atoms with E-state index in [1.807, 2.05) is 13.8 Å². The van der Waals surface area contributed by atoms with Crippen LogP contribution in [0.4, 0.5) is 0 Å².